The number of fused-ring (bicyclic) bond motifs is 1. The summed E-state index contributed by atoms with van der Waals surface area (Å²) in [6.45, 7) is 2.90. The molecule has 3 saturated heterocycles. The second-order valence-electron chi connectivity index (χ2n) is 12.1. The lowest BCUT2D eigenvalue weighted by atomic mass is 9.46. The minimum Gasteiger partial charge on any atom is -0.367 e. The number of nitrogens with two attached hydrogens (primary N) is 1. The van der Waals surface area contributed by atoms with Crippen molar-refractivity contribution >= 4 is 11.8 Å². The molecule has 6 heteroatoms. The molecule has 6 nitrogen and oxygen atoms in total. The Kier molecular flexibility index (Phi) is 4.28. The molecule has 186 valence electrons. The fraction of sp³-hybridized carbons (Fsp3) is 0.533. The van der Waals surface area contributed by atoms with E-state index in [1.165, 1.54) is 30.5 Å². The predicted octanol–water partition coefficient (Wildman–Crippen LogP) is 3.14. The minimum atomic E-state index is -0.371. The average Bonchev–Trinajstić information content (AvgIpc) is 3.58. The van der Waals surface area contributed by atoms with Crippen LogP contribution in [-0.4, -0.2) is 65.0 Å². The third kappa shape index (κ3) is 2.59. The Bertz CT molecular complexity index is 1280. The van der Waals surface area contributed by atoms with Gasteiger partial charge in [0.25, 0.3) is 5.91 Å². The first-order valence-electron chi connectivity index (χ1n) is 13.7. The van der Waals surface area contributed by atoms with E-state index in [9.17, 15) is 9.59 Å². The van der Waals surface area contributed by atoms with Crippen molar-refractivity contribution in [1.29, 1.82) is 0 Å². The highest BCUT2D eigenvalue weighted by Crippen LogP contribution is 2.69. The molecule has 2 saturated carbocycles. The number of carbonyl (C=O) groups is 2. The Morgan fingerprint density at radius 1 is 1.03 bits per heavy atom. The van der Waals surface area contributed by atoms with Crippen molar-refractivity contribution in [2.45, 2.75) is 67.7 Å². The molecule has 8 rings (SSSR count). The number of primary amides is 1. The Morgan fingerprint density at radius 3 is 2.64 bits per heavy atom. The van der Waals surface area contributed by atoms with Gasteiger partial charge in [-0.1, -0.05) is 24.3 Å². The van der Waals surface area contributed by atoms with Crippen LogP contribution in [0.25, 0.3) is 0 Å². The molecule has 0 radical (unpaired) electrons. The summed E-state index contributed by atoms with van der Waals surface area (Å²) in [5.74, 6) is 0.840. The van der Waals surface area contributed by atoms with Crippen LogP contribution in [0.15, 0.2) is 48.5 Å². The Morgan fingerprint density at radius 2 is 1.86 bits per heavy atom. The summed E-state index contributed by atoms with van der Waals surface area (Å²) in [5, 5.41) is 0. The van der Waals surface area contributed by atoms with Crippen LogP contribution in [-0.2, 0) is 16.6 Å². The van der Waals surface area contributed by atoms with E-state index >= 15 is 0 Å². The van der Waals surface area contributed by atoms with Crippen molar-refractivity contribution < 1.29 is 14.3 Å². The standard InChI is InChI=1S/C30H33N3O3/c31-27(34)21-9-8-20-15-25-30-11-10-23-26(24(36-30)17-33(23)28(35)19-4-2-1-3-5-19)29(30,22(20)14-21)12-13-32(25)16-18-6-7-18/h1-5,8-9,14,18,23-26H,6-7,10-13,15-17H2,(H2,31,34)/t23?,24-,25?,26?,29?,30?/m1/s1. The molecule has 3 heterocycles. The monoisotopic (exact) mass is 483 g/mol. The summed E-state index contributed by atoms with van der Waals surface area (Å²) in [6.07, 6.45) is 6.69. The molecular formula is C30H33N3O3. The van der Waals surface area contributed by atoms with E-state index in [1.54, 1.807) is 0 Å². The summed E-state index contributed by atoms with van der Waals surface area (Å²) < 4.78 is 7.28. The molecular weight excluding hydrogens is 450 g/mol. The van der Waals surface area contributed by atoms with Crippen LogP contribution < -0.4 is 5.73 Å². The highest BCUT2D eigenvalue weighted by molar-refractivity contribution is 5.95. The van der Waals surface area contributed by atoms with Crippen molar-refractivity contribution in [3.05, 3.63) is 70.8 Å². The van der Waals surface area contributed by atoms with Crippen molar-refractivity contribution in [3.63, 3.8) is 0 Å². The van der Waals surface area contributed by atoms with E-state index in [4.69, 9.17) is 10.5 Å². The largest absolute Gasteiger partial charge is 0.367 e. The first-order valence-corrected chi connectivity index (χ1v) is 13.7. The molecule has 6 atom stereocenters. The van der Waals surface area contributed by atoms with E-state index in [1.807, 2.05) is 36.4 Å². The summed E-state index contributed by atoms with van der Waals surface area (Å²) >= 11 is 0. The van der Waals surface area contributed by atoms with E-state index in [2.05, 4.69) is 21.9 Å². The van der Waals surface area contributed by atoms with Gasteiger partial charge >= 0.3 is 0 Å². The maximum atomic E-state index is 13.7. The van der Waals surface area contributed by atoms with Gasteiger partial charge in [0.1, 0.15) is 0 Å². The summed E-state index contributed by atoms with van der Waals surface area (Å²) in [4.78, 5) is 30.8. The molecule has 5 fully saturated rings. The van der Waals surface area contributed by atoms with Gasteiger partial charge in [-0.25, -0.2) is 0 Å². The summed E-state index contributed by atoms with van der Waals surface area (Å²) in [7, 11) is 0. The highest BCUT2D eigenvalue weighted by atomic mass is 16.5. The highest BCUT2D eigenvalue weighted by Gasteiger charge is 2.78. The first kappa shape index (κ1) is 21.4. The second-order valence-corrected chi connectivity index (χ2v) is 12.1. The van der Waals surface area contributed by atoms with Gasteiger partial charge in [-0.2, -0.15) is 0 Å². The zero-order chi connectivity index (χ0) is 24.2. The SMILES string of the molecule is NC(=O)c1ccc2c(c1)C13CCN(CC4CC4)C(C2)C12CCC1C3[C@@H](CN1C(=O)c1ccccc1)O2. The molecule has 3 aliphatic carbocycles. The van der Waals surface area contributed by atoms with Crippen molar-refractivity contribution in [3.8, 4) is 0 Å². The van der Waals surface area contributed by atoms with Gasteiger partial charge in [0.15, 0.2) is 0 Å². The third-order valence-corrected chi connectivity index (χ3v) is 10.6. The Balaban J connectivity index is 1.26. The lowest BCUT2D eigenvalue weighted by Gasteiger charge is -2.65. The maximum absolute atomic E-state index is 13.7. The van der Waals surface area contributed by atoms with Gasteiger partial charge in [-0.15, -0.1) is 0 Å². The third-order valence-electron chi connectivity index (χ3n) is 10.6. The molecule has 2 aromatic rings. The normalized spacial score (nSPS) is 37.9. The lowest BCUT2D eigenvalue weighted by molar-refractivity contribution is -0.171. The van der Waals surface area contributed by atoms with Crippen LogP contribution in [0.3, 0.4) is 0 Å². The van der Waals surface area contributed by atoms with Gasteiger partial charge < -0.3 is 15.4 Å². The van der Waals surface area contributed by atoms with Crippen LogP contribution >= 0.6 is 0 Å². The molecule has 0 spiro atoms. The van der Waals surface area contributed by atoms with Crippen LogP contribution in [0.2, 0.25) is 0 Å². The van der Waals surface area contributed by atoms with Crippen molar-refractivity contribution in [1.82, 2.24) is 9.80 Å². The molecule has 2 N–H and O–H groups in total. The quantitative estimate of drug-likeness (QED) is 0.725. The molecule has 0 aromatic heterocycles. The first-order chi connectivity index (χ1) is 17.5. The molecule has 2 aromatic carbocycles. The minimum absolute atomic E-state index is 0.0386. The zero-order valence-electron chi connectivity index (χ0n) is 20.6. The van der Waals surface area contributed by atoms with Crippen LogP contribution in [0.5, 0.6) is 0 Å². The number of carbonyl (C=O) groups excluding carboxylic acids is 2. The number of rotatable bonds is 4. The number of piperidine rings is 1. The lowest BCUT2D eigenvalue weighted by Crippen LogP contribution is -2.74. The second kappa shape index (κ2) is 7.20. The van der Waals surface area contributed by atoms with Crippen LogP contribution in [0.4, 0.5) is 0 Å². The van der Waals surface area contributed by atoms with Gasteiger partial charge in [-0.05, 0) is 86.4 Å². The molecule has 2 amide bonds. The van der Waals surface area contributed by atoms with E-state index < -0.39 is 0 Å². The van der Waals surface area contributed by atoms with Crippen LogP contribution in [0.1, 0.15) is 63.9 Å². The van der Waals surface area contributed by atoms with Crippen LogP contribution in [0, 0.1) is 11.8 Å². The average molecular weight is 484 g/mol. The summed E-state index contributed by atoms with van der Waals surface area (Å²) in [5.41, 5.74) is 9.33. The molecule has 36 heavy (non-hydrogen) atoms. The molecule has 5 unspecified atom stereocenters. The van der Waals surface area contributed by atoms with Crippen molar-refractivity contribution in [2.75, 3.05) is 19.6 Å². The number of amides is 2. The van der Waals surface area contributed by atoms with Gasteiger partial charge in [0.2, 0.25) is 5.91 Å². The number of hydrogen-bond acceptors (Lipinski definition) is 4. The summed E-state index contributed by atoms with van der Waals surface area (Å²) in [6, 6.07) is 16.4. The number of benzene rings is 2. The molecule has 3 aliphatic heterocycles. The molecule has 4 bridgehead atoms. The van der Waals surface area contributed by atoms with Gasteiger partial charge in [0.05, 0.1) is 11.7 Å². The fourth-order valence-corrected chi connectivity index (χ4v) is 9.17. The van der Waals surface area contributed by atoms with Gasteiger partial charge in [-0.3, -0.25) is 14.5 Å². The van der Waals surface area contributed by atoms with Gasteiger partial charge in [0, 0.05) is 47.6 Å². The topological polar surface area (TPSA) is 75.9 Å². The molecule has 6 aliphatic rings. The Hall–Kier alpha value is -2.70. The number of hydrogen-bond donors (Lipinski definition) is 1. The zero-order valence-corrected chi connectivity index (χ0v) is 20.6. The number of nitrogens with zero attached hydrogens (tertiary/aromatic N) is 2. The van der Waals surface area contributed by atoms with Crippen molar-refractivity contribution in [2.24, 2.45) is 17.6 Å². The maximum Gasteiger partial charge on any atom is 0.254 e. The number of likely N-dealkylation sites (tertiary alicyclic amines) is 2. The fourth-order valence-electron chi connectivity index (χ4n) is 9.17. The smallest absolute Gasteiger partial charge is 0.254 e. The Labute approximate surface area is 211 Å². The van der Waals surface area contributed by atoms with E-state index in [0.29, 0.717) is 18.2 Å². The van der Waals surface area contributed by atoms with E-state index in [-0.39, 0.29) is 40.9 Å². The predicted molar refractivity (Wildman–Crippen MR) is 135 cm³/mol. The van der Waals surface area contributed by atoms with E-state index in [0.717, 1.165) is 43.7 Å². The number of ether oxygens (including phenoxy) is 1.